The zero-order valence-electron chi connectivity index (χ0n) is 12.7. The van der Waals surface area contributed by atoms with Crippen molar-refractivity contribution in [2.45, 2.75) is 46.1 Å². The summed E-state index contributed by atoms with van der Waals surface area (Å²) in [5, 5.41) is 13.8. The Morgan fingerprint density at radius 2 is 1.79 bits per heavy atom. The molecule has 0 aromatic carbocycles. The smallest absolute Gasteiger partial charge is 0.0700 e. The van der Waals surface area contributed by atoms with Crippen LogP contribution in [0.5, 0.6) is 0 Å². The van der Waals surface area contributed by atoms with Gasteiger partial charge in [0, 0.05) is 13.1 Å². The normalized spacial score (nSPS) is 30.9. The Labute approximate surface area is 124 Å². The number of likely N-dealkylation sites (tertiary alicyclic amines) is 1. The Bertz CT molecular complexity index is 261. The van der Waals surface area contributed by atoms with E-state index in [2.05, 4.69) is 31.0 Å². The number of aliphatic hydroxyl groups excluding tert-OH is 1. The molecule has 114 valence electrons. The summed E-state index contributed by atoms with van der Waals surface area (Å²) >= 11 is 0. The maximum Gasteiger partial charge on any atom is 0.0700 e. The van der Waals surface area contributed by atoms with Crippen LogP contribution < -0.4 is 5.32 Å². The van der Waals surface area contributed by atoms with E-state index in [1.807, 2.05) is 0 Å². The third kappa shape index (κ3) is 4.89. The third-order valence-electron chi connectivity index (χ3n) is 4.75. The quantitative estimate of drug-likeness (QED) is 0.818. The molecule has 2 saturated heterocycles. The zero-order valence-corrected chi connectivity index (χ0v) is 13.5. The average Bonchev–Trinajstić information content (AvgIpc) is 2.28. The van der Waals surface area contributed by atoms with Crippen LogP contribution in [0.4, 0.5) is 0 Å². The molecule has 0 saturated carbocycles. The summed E-state index contributed by atoms with van der Waals surface area (Å²) in [6.45, 7) is 12.3. The number of β-amino-alcohol motifs (C(OH)–C–C–N with tert-alkyl or cyclic N) is 1. The lowest BCUT2D eigenvalue weighted by molar-refractivity contribution is -0.0289. The fourth-order valence-electron chi connectivity index (χ4n) is 3.60. The second-order valence-corrected chi connectivity index (χ2v) is 7.28. The molecule has 0 aromatic heterocycles. The minimum Gasteiger partial charge on any atom is -0.391 e. The molecule has 0 bridgehead atoms. The van der Waals surface area contributed by atoms with Crippen LogP contribution in [0, 0.1) is 17.3 Å². The van der Waals surface area contributed by atoms with Gasteiger partial charge in [0.2, 0.25) is 0 Å². The number of piperidine rings is 2. The number of hydrogen-bond donors (Lipinski definition) is 2. The molecule has 2 unspecified atom stereocenters. The molecule has 2 fully saturated rings. The molecule has 0 spiro atoms. The highest BCUT2D eigenvalue weighted by atomic mass is 35.5. The van der Waals surface area contributed by atoms with Crippen LogP contribution in [0.25, 0.3) is 0 Å². The predicted molar refractivity (Wildman–Crippen MR) is 82.9 cm³/mol. The summed E-state index contributed by atoms with van der Waals surface area (Å²) in [7, 11) is 0. The van der Waals surface area contributed by atoms with Crippen molar-refractivity contribution in [2.24, 2.45) is 17.3 Å². The molecular weight excluding hydrogens is 260 g/mol. The summed E-state index contributed by atoms with van der Waals surface area (Å²) < 4.78 is 0. The van der Waals surface area contributed by atoms with Crippen LogP contribution >= 0.6 is 12.4 Å². The molecule has 19 heavy (non-hydrogen) atoms. The Balaban J connectivity index is 0.00000180. The van der Waals surface area contributed by atoms with E-state index in [1.165, 1.54) is 39.0 Å². The van der Waals surface area contributed by atoms with Crippen LogP contribution in [0.2, 0.25) is 0 Å². The first-order valence-corrected chi connectivity index (χ1v) is 7.58. The Kier molecular flexibility index (Phi) is 6.58. The number of hydrogen-bond acceptors (Lipinski definition) is 3. The van der Waals surface area contributed by atoms with E-state index < -0.39 is 0 Å². The molecule has 4 heteroatoms. The van der Waals surface area contributed by atoms with Crippen LogP contribution in [0.1, 0.15) is 40.0 Å². The molecule has 0 aromatic rings. The summed E-state index contributed by atoms with van der Waals surface area (Å²) in [6.07, 6.45) is 3.61. The van der Waals surface area contributed by atoms with E-state index in [-0.39, 0.29) is 23.9 Å². The van der Waals surface area contributed by atoms with Gasteiger partial charge in [-0.1, -0.05) is 20.8 Å². The number of halogens is 1. The summed E-state index contributed by atoms with van der Waals surface area (Å²) in [6, 6.07) is 0. The topological polar surface area (TPSA) is 35.5 Å². The van der Waals surface area contributed by atoms with E-state index in [9.17, 15) is 5.11 Å². The fraction of sp³-hybridized carbons (Fsp3) is 1.00. The van der Waals surface area contributed by atoms with Gasteiger partial charge in [-0.05, 0) is 56.1 Å². The van der Waals surface area contributed by atoms with Gasteiger partial charge in [-0.15, -0.1) is 12.4 Å². The van der Waals surface area contributed by atoms with Gasteiger partial charge in [-0.2, -0.15) is 0 Å². The van der Waals surface area contributed by atoms with Gasteiger partial charge in [0.05, 0.1) is 6.10 Å². The molecule has 2 heterocycles. The van der Waals surface area contributed by atoms with Crippen molar-refractivity contribution in [3.05, 3.63) is 0 Å². The second kappa shape index (κ2) is 7.26. The summed E-state index contributed by atoms with van der Waals surface area (Å²) in [5.74, 6) is 1.30. The molecule has 2 aliphatic rings. The van der Waals surface area contributed by atoms with Gasteiger partial charge in [0.25, 0.3) is 0 Å². The number of nitrogens with zero attached hydrogens (tertiary/aromatic N) is 1. The monoisotopic (exact) mass is 290 g/mol. The van der Waals surface area contributed by atoms with E-state index >= 15 is 0 Å². The van der Waals surface area contributed by atoms with Crippen molar-refractivity contribution in [1.29, 1.82) is 0 Å². The average molecular weight is 291 g/mol. The lowest BCUT2D eigenvalue weighted by Gasteiger charge is -2.43. The Morgan fingerprint density at radius 1 is 1.16 bits per heavy atom. The van der Waals surface area contributed by atoms with Crippen LogP contribution in [-0.2, 0) is 0 Å². The molecule has 2 atom stereocenters. The molecule has 2 N–H and O–H groups in total. The maximum atomic E-state index is 10.4. The van der Waals surface area contributed by atoms with Gasteiger partial charge < -0.3 is 15.3 Å². The minimum absolute atomic E-state index is 0. The van der Waals surface area contributed by atoms with Crippen LogP contribution in [-0.4, -0.2) is 48.8 Å². The fourth-order valence-corrected chi connectivity index (χ4v) is 3.60. The van der Waals surface area contributed by atoms with Crippen molar-refractivity contribution < 1.29 is 5.11 Å². The molecule has 2 rings (SSSR count). The third-order valence-corrected chi connectivity index (χ3v) is 4.75. The van der Waals surface area contributed by atoms with Gasteiger partial charge in [-0.3, -0.25) is 0 Å². The van der Waals surface area contributed by atoms with Crippen molar-refractivity contribution in [1.82, 2.24) is 10.2 Å². The van der Waals surface area contributed by atoms with E-state index in [0.29, 0.717) is 5.92 Å². The zero-order chi connectivity index (χ0) is 13.2. The Morgan fingerprint density at radius 3 is 2.32 bits per heavy atom. The van der Waals surface area contributed by atoms with Crippen molar-refractivity contribution in [2.75, 3.05) is 32.7 Å². The molecule has 3 nitrogen and oxygen atoms in total. The molecule has 0 aliphatic carbocycles. The number of nitrogens with one attached hydrogen (secondary N) is 1. The Hall–Kier alpha value is 0.170. The molecule has 0 radical (unpaired) electrons. The number of rotatable bonds is 2. The van der Waals surface area contributed by atoms with Crippen LogP contribution in [0.15, 0.2) is 0 Å². The van der Waals surface area contributed by atoms with Gasteiger partial charge in [0.15, 0.2) is 0 Å². The van der Waals surface area contributed by atoms with E-state index in [1.54, 1.807) is 0 Å². The summed E-state index contributed by atoms with van der Waals surface area (Å²) in [5.41, 5.74) is 0.236. The largest absolute Gasteiger partial charge is 0.391 e. The lowest BCUT2D eigenvalue weighted by atomic mass is 9.73. The highest BCUT2D eigenvalue weighted by molar-refractivity contribution is 5.85. The van der Waals surface area contributed by atoms with Crippen molar-refractivity contribution in [3.63, 3.8) is 0 Å². The predicted octanol–water partition coefficient (Wildman–Crippen LogP) is 2.14. The SMILES string of the molecule is CC(C)(C)C1CCN(CC2CCNCC2)CC1O.Cl. The van der Waals surface area contributed by atoms with Crippen LogP contribution in [0.3, 0.4) is 0 Å². The van der Waals surface area contributed by atoms with E-state index in [4.69, 9.17) is 0 Å². The van der Waals surface area contributed by atoms with Crippen molar-refractivity contribution >= 4 is 12.4 Å². The minimum atomic E-state index is -0.138. The highest BCUT2D eigenvalue weighted by Crippen LogP contribution is 2.34. The van der Waals surface area contributed by atoms with Crippen molar-refractivity contribution in [3.8, 4) is 0 Å². The van der Waals surface area contributed by atoms with E-state index in [0.717, 1.165) is 18.9 Å². The summed E-state index contributed by atoms with van der Waals surface area (Å²) in [4.78, 5) is 2.49. The number of aliphatic hydroxyl groups is 1. The lowest BCUT2D eigenvalue weighted by Crippen LogP contribution is -2.49. The molecular formula is C15H31ClN2O. The molecule has 0 amide bonds. The second-order valence-electron chi connectivity index (χ2n) is 7.28. The first-order valence-electron chi connectivity index (χ1n) is 7.58. The van der Waals surface area contributed by atoms with Gasteiger partial charge in [-0.25, -0.2) is 0 Å². The standard InChI is InChI=1S/C15H30N2O.ClH/c1-15(2,3)13-6-9-17(11-14(13)18)10-12-4-7-16-8-5-12;/h12-14,16,18H,4-11H2,1-3H3;1H. The van der Waals surface area contributed by atoms with Gasteiger partial charge in [0.1, 0.15) is 0 Å². The van der Waals surface area contributed by atoms with Gasteiger partial charge >= 0.3 is 0 Å². The first kappa shape index (κ1) is 17.2. The first-order chi connectivity index (χ1) is 8.47. The maximum absolute atomic E-state index is 10.4. The highest BCUT2D eigenvalue weighted by Gasteiger charge is 2.36. The molecule has 2 aliphatic heterocycles.